The maximum Gasteiger partial charge on any atom is 0.312 e. The van der Waals surface area contributed by atoms with Gasteiger partial charge in [0, 0.05) is 31.5 Å². The van der Waals surface area contributed by atoms with Crippen LogP contribution < -0.4 is 0 Å². The number of hydrogen-bond acceptors (Lipinski definition) is 6. The fourth-order valence-corrected chi connectivity index (χ4v) is 4.09. The second-order valence-corrected chi connectivity index (χ2v) is 7.58. The quantitative estimate of drug-likeness (QED) is 0.761. The molecule has 2 heterocycles. The Kier molecular flexibility index (Phi) is 3.99. The molecule has 2 aromatic rings. The molecule has 0 radical (unpaired) electrons. The highest BCUT2D eigenvalue weighted by atomic mass is 16.5. The van der Waals surface area contributed by atoms with E-state index in [4.69, 9.17) is 4.52 Å². The van der Waals surface area contributed by atoms with Gasteiger partial charge in [0.1, 0.15) is 10.8 Å². The van der Waals surface area contributed by atoms with Gasteiger partial charge in [0.15, 0.2) is 0 Å². The van der Waals surface area contributed by atoms with Gasteiger partial charge >= 0.3 is 11.9 Å². The number of aliphatic carboxylic acids is 2. The summed E-state index contributed by atoms with van der Waals surface area (Å²) in [4.78, 5) is 41.2. The number of piperidine rings is 1. The van der Waals surface area contributed by atoms with Crippen LogP contribution in [0.25, 0.3) is 11.4 Å². The van der Waals surface area contributed by atoms with E-state index in [-0.39, 0.29) is 38.3 Å². The van der Waals surface area contributed by atoms with Crippen molar-refractivity contribution in [3.63, 3.8) is 0 Å². The lowest BCUT2D eigenvalue weighted by Crippen LogP contribution is -2.34. The standard InChI is InChI=1S/C19H19N3O6/c1-11-3-2-4-12(7-11)15-20-13(28-21-15)5-6-14(23)22-9-18(16(24)25)8-19(18,10-22)17(26)27/h2-4,7H,5-6,8-10H2,1H3,(H,24,25)(H,26,27)/t18-,19+. The van der Waals surface area contributed by atoms with Crippen molar-refractivity contribution in [2.45, 2.75) is 26.2 Å². The molecule has 1 aromatic heterocycles. The van der Waals surface area contributed by atoms with E-state index in [2.05, 4.69) is 10.1 Å². The highest BCUT2D eigenvalue weighted by molar-refractivity contribution is 5.96. The number of benzene rings is 1. The zero-order valence-corrected chi connectivity index (χ0v) is 15.2. The maximum absolute atomic E-state index is 12.5. The molecule has 9 nitrogen and oxygen atoms in total. The summed E-state index contributed by atoms with van der Waals surface area (Å²) in [6.07, 6.45) is 0.313. The Hall–Kier alpha value is -3.23. The van der Waals surface area contributed by atoms with Crippen molar-refractivity contribution in [1.82, 2.24) is 15.0 Å². The Bertz CT molecular complexity index is 958. The maximum atomic E-state index is 12.5. The van der Waals surface area contributed by atoms with Crippen LogP contribution in [0.15, 0.2) is 28.8 Å². The van der Waals surface area contributed by atoms with Gasteiger partial charge in [-0.2, -0.15) is 4.98 Å². The van der Waals surface area contributed by atoms with Gasteiger partial charge in [-0.3, -0.25) is 14.4 Å². The van der Waals surface area contributed by atoms with E-state index < -0.39 is 22.8 Å². The smallest absolute Gasteiger partial charge is 0.312 e. The molecule has 2 N–H and O–H groups in total. The van der Waals surface area contributed by atoms with E-state index in [9.17, 15) is 24.6 Å². The van der Waals surface area contributed by atoms with Gasteiger partial charge in [-0.1, -0.05) is 28.9 Å². The molecule has 1 aliphatic carbocycles. The predicted octanol–water partition coefficient (Wildman–Crippen LogP) is 1.37. The predicted molar refractivity (Wildman–Crippen MR) is 94.1 cm³/mol. The third-order valence-corrected chi connectivity index (χ3v) is 5.78. The number of carboxylic acids is 2. The van der Waals surface area contributed by atoms with E-state index in [1.54, 1.807) is 0 Å². The van der Waals surface area contributed by atoms with Crippen LogP contribution in [-0.4, -0.2) is 56.2 Å². The third-order valence-electron chi connectivity index (χ3n) is 5.78. The molecule has 2 atom stereocenters. The molecule has 1 aromatic carbocycles. The molecule has 28 heavy (non-hydrogen) atoms. The van der Waals surface area contributed by atoms with Crippen LogP contribution in [0.1, 0.15) is 24.3 Å². The zero-order valence-electron chi connectivity index (χ0n) is 15.2. The van der Waals surface area contributed by atoms with Gasteiger partial charge in [-0.25, -0.2) is 0 Å². The molecule has 0 unspecified atom stereocenters. The first-order valence-electron chi connectivity index (χ1n) is 8.92. The van der Waals surface area contributed by atoms with E-state index in [1.165, 1.54) is 4.90 Å². The van der Waals surface area contributed by atoms with E-state index in [0.717, 1.165) is 11.1 Å². The largest absolute Gasteiger partial charge is 0.481 e. The van der Waals surface area contributed by atoms with Crippen LogP contribution in [0.2, 0.25) is 0 Å². The van der Waals surface area contributed by atoms with Gasteiger partial charge in [-0.05, 0) is 19.4 Å². The van der Waals surface area contributed by atoms with E-state index >= 15 is 0 Å². The molecular weight excluding hydrogens is 366 g/mol. The molecule has 9 heteroatoms. The molecule has 1 aliphatic heterocycles. The molecule has 2 aliphatic rings. The first kappa shape index (κ1) is 18.1. The first-order chi connectivity index (χ1) is 13.3. The summed E-state index contributed by atoms with van der Waals surface area (Å²) in [6.45, 7) is 1.80. The molecule has 1 saturated carbocycles. The van der Waals surface area contributed by atoms with E-state index in [0.29, 0.717) is 11.7 Å². The number of likely N-dealkylation sites (tertiary alicyclic amines) is 1. The highest BCUT2D eigenvalue weighted by Crippen LogP contribution is 2.68. The van der Waals surface area contributed by atoms with Crippen LogP contribution in [0.4, 0.5) is 0 Å². The van der Waals surface area contributed by atoms with Crippen molar-refractivity contribution in [3.8, 4) is 11.4 Å². The number of carboxylic acid groups (broad SMARTS) is 2. The number of nitrogens with zero attached hydrogens (tertiary/aromatic N) is 3. The normalized spacial score (nSPS) is 25.4. The minimum atomic E-state index is -1.36. The highest BCUT2D eigenvalue weighted by Gasteiger charge is 2.81. The van der Waals surface area contributed by atoms with Gasteiger partial charge in [0.2, 0.25) is 17.6 Å². The minimum absolute atomic E-state index is 0.0425. The first-order valence-corrected chi connectivity index (χ1v) is 8.92. The number of aromatic nitrogens is 2. The summed E-state index contributed by atoms with van der Waals surface area (Å²) in [6, 6.07) is 7.63. The van der Waals surface area contributed by atoms with Gasteiger partial charge in [0.05, 0.1) is 0 Å². The van der Waals surface area contributed by atoms with Gasteiger partial charge < -0.3 is 19.6 Å². The fraction of sp³-hybridized carbons (Fsp3) is 0.421. The van der Waals surface area contributed by atoms with Gasteiger partial charge in [-0.15, -0.1) is 0 Å². The fourth-order valence-electron chi connectivity index (χ4n) is 4.09. The Morgan fingerprint density at radius 3 is 2.46 bits per heavy atom. The summed E-state index contributed by atoms with van der Waals surface area (Å²) < 4.78 is 5.20. The number of fused-ring (bicyclic) bond motifs is 1. The van der Waals surface area contributed by atoms with Crippen molar-refractivity contribution >= 4 is 17.8 Å². The monoisotopic (exact) mass is 385 g/mol. The Labute approximate surface area is 160 Å². The number of hydrogen-bond donors (Lipinski definition) is 2. The molecule has 1 saturated heterocycles. The Morgan fingerprint density at radius 1 is 1.18 bits per heavy atom. The van der Waals surface area contributed by atoms with Crippen LogP contribution in [0, 0.1) is 17.8 Å². The second-order valence-electron chi connectivity index (χ2n) is 7.58. The van der Waals surface area contributed by atoms with Crippen molar-refractivity contribution in [1.29, 1.82) is 0 Å². The Balaban J connectivity index is 1.40. The number of carbonyl (C=O) groups is 3. The summed E-state index contributed by atoms with van der Waals surface area (Å²) in [5.74, 6) is -1.91. The molecule has 0 spiro atoms. The molecule has 0 bridgehead atoms. The summed E-state index contributed by atoms with van der Waals surface area (Å²) >= 11 is 0. The molecule has 4 rings (SSSR count). The topological polar surface area (TPSA) is 134 Å². The number of carbonyl (C=O) groups excluding carboxylic acids is 1. The SMILES string of the molecule is Cc1cccc(-c2noc(CCC(=O)N3C[C@@]4(C(=O)O)C[C@@]4(C(=O)O)C3)n2)c1. The van der Waals surface area contributed by atoms with Crippen LogP contribution in [-0.2, 0) is 20.8 Å². The third kappa shape index (κ3) is 2.65. The molecular formula is C19H19N3O6. The molecule has 2 fully saturated rings. The minimum Gasteiger partial charge on any atom is -0.481 e. The summed E-state index contributed by atoms with van der Waals surface area (Å²) in [5.41, 5.74) is -0.853. The lowest BCUT2D eigenvalue weighted by molar-refractivity contribution is -0.151. The lowest BCUT2D eigenvalue weighted by Gasteiger charge is -2.19. The Morgan fingerprint density at radius 2 is 1.86 bits per heavy atom. The van der Waals surface area contributed by atoms with Crippen molar-refractivity contribution in [3.05, 3.63) is 35.7 Å². The lowest BCUT2D eigenvalue weighted by atomic mass is 9.97. The summed E-state index contributed by atoms with van der Waals surface area (Å²) in [5, 5.41) is 22.8. The second kappa shape index (κ2) is 6.15. The van der Waals surface area contributed by atoms with Crippen molar-refractivity contribution < 1.29 is 29.1 Å². The average molecular weight is 385 g/mol. The van der Waals surface area contributed by atoms with E-state index in [1.807, 2.05) is 31.2 Å². The zero-order chi connectivity index (χ0) is 20.1. The summed E-state index contributed by atoms with van der Waals surface area (Å²) in [7, 11) is 0. The van der Waals surface area contributed by atoms with Gasteiger partial charge in [0.25, 0.3) is 0 Å². The van der Waals surface area contributed by atoms with Crippen molar-refractivity contribution in [2.75, 3.05) is 13.1 Å². The average Bonchev–Trinajstić information content (AvgIpc) is 2.98. The number of rotatable bonds is 6. The number of aryl methyl sites for hydroxylation is 2. The van der Waals surface area contributed by atoms with Crippen LogP contribution in [0.3, 0.4) is 0 Å². The number of amides is 1. The van der Waals surface area contributed by atoms with Crippen LogP contribution in [0.5, 0.6) is 0 Å². The van der Waals surface area contributed by atoms with Crippen LogP contribution >= 0.6 is 0 Å². The molecule has 146 valence electrons. The molecule has 1 amide bonds. The van der Waals surface area contributed by atoms with Crippen molar-refractivity contribution in [2.24, 2.45) is 10.8 Å².